The molecule has 1 aromatic carbocycles. The minimum atomic E-state index is -0.284. The van der Waals surface area contributed by atoms with Gasteiger partial charge in [0, 0.05) is 6.07 Å². The molecule has 0 aliphatic rings. The number of pyridine rings is 1. The lowest BCUT2D eigenvalue weighted by atomic mass is 10.2. The molecule has 0 fully saturated rings. The standard InChI is InChI=1S/C17H16N4O3/c1-11-9-16(21-24-11)19-12-7-8-15(18-10-12)20-17(22)13-5-3-4-6-14(13)23-2/h3-10H,1-2H3,(H,19,21)(H,18,20,22). The summed E-state index contributed by atoms with van der Waals surface area (Å²) in [4.78, 5) is 16.5. The van der Waals surface area contributed by atoms with Gasteiger partial charge in [0.2, 0.25) is 0 Å². The Morgan fingerprint density at radius 1 is 1.17 bits per heavy atom. The summed E-state index contributed by atoms with van der Waals surface area (Å²) in [5.41, 5.74) is 1.18. The van der Waals surface area contributed by atoms with Crippen LogP contribution < -0.4 is 15.4 Å². The zero-order valence-electron chi connectivity index (χ0n) is 13.2. The number of nitrogens with one attached hydrogen (secondary N) is 2. The van der Waals surface area contributed by atoms with Gasteiger partial charge in [-0.3, -0.25) is 4.79 Å². The van der Waals surface area contributed by atoms with Crippen LogP contribution in [0.5, 0.6) is 5.75 Å². The maximum atomic E-state index is 12.3. The highest BCUT2D eigenvalue weighted by molar-refractivity contribution is 6.05. The van der Waals surface area contributed by atoms with Crippen molar-refractivity contribution in [3.8, 4) is 5.75 Å². The number of carbonyl (C=O) groups excluding carboxylic acids is 1. The number of benzene rings is 1. The lowest BCUT2D eigenvalue weighted by molar-refractivity contribution is 0.102. The van der Waals surface area contributed by atoms with Gasteiger partial charge in [-0.05, 0) is 31.2 Å². The predicted octanol–water partition coefficient (Wildman–Crippen LogP) is 3.38. The molecule has 1 amide bonds. The van der Waals surface area contributed by atoms with E-state index in [-0.39, 0.29) is 5.91 Å². The summed E-state index contributed by atoms with van der Waals surface area (Å²) in [5, 5.41) is 9.63. The van der Waals surface area contributed by atoms with Gasteiger partial charge in [-0.2, -0.15) is 0 Å². The molecule has 0 atom stereocenters. The van der Waals surface area contributed by atoms with E-state index >= 15 is 0 Å². The molecular formula is C17H16N4O3. The number of carbonyl (C=O) groups is 1. The van der Waals surface area contributed by atoms with E-state index in [1.165, 1.54) is 7.11 Å². The number of methoxy groups -OCH3 is 1. The van der Waals surface area contributed by atoms with Gasteiger partial charge in [-0.25, -0.2) is 4.98 Å². The average Bonchev–Trinajstić information content (AvgIpc) is 3.01. The number of ether oxygens (including phenoxy) is 1. The van der Waals surface area contributed by atoms with Crippen molar-refractivity contribution in [1.82, 2.24) is 10.1 Å². The molecule has 24 heavy (non-hydrogen) atoms. The van der Waals surface area contributed by atoms with Gasteiger partial charge in [0.15, 0.2) is 5.82 Å². The van der Waals surface area contributed by atoms with E-state index in [2.05, 4.69) is 20.8 Å². The lowest BCUT2D eigenvalue weighted by Crippen LogP contribution is -2.14. The molecule has 0 radical (unpaired) electrons. The number of rotatable bonds is 5. The van der Waals surface area contributed by atoms with E-state index in [1.807, 2.05) is 6.92 Å². The molecule has 7 heteroatoms. The van der Waals surface area contributed by atoms with E-state index in [4.69, 9.17) is 9.26 Å². The number of amides is 1. The van der Waals surface area contributed by atoms with Crippen molar-refractivity contribution < 1.29 is 14.1 Å². The summed E-state index contributed by atoms with van der Waals surface area (Å²) in [6.07, 6.45) is 1.60. The fourth-order valence-corrected chi connectivity index (χ4v) is 2.13. The third kappa shape index (κ3) is 3.52. The number of aromatic nitrogens is 2. The van der Waals surface area contributed by atoms with Crippen LogP contribution in [0.25, 0.3) is 0 Å². The highest BCUT2D eigenvalue weighted by Gasteiger charge is 2.12. The highest BCUT2D eigenvalue weighted by atomic mass is 16.5. The Morgan fingerprint density at radius 3 is 2.67 bits per heavy atom. The molecule has 0 aliphatic heterocycles. The SMILES string of the molecule is COc1ccccc1C(=O)Nc1ccc(Nc2cc(C)on2)cn1. The normalized spacial score (nSPS) is 10.2. The second-order valence-electron chi connectivity index (χ2n) is 5.03. The van der Waals surface area contributed by atoms with Gasteiger partial charge >= 0.3 is 0 Å². The quantitative estimate of drug-likeness (QED) is 0.748. The van der Waals surface area contributed by atoms with Crippen LogP contribution in [0.2, 0.25) is 0 Å². The van der Waals surface area contributed by atoms with Crippen LogP contribution in [-0.2, 0) is 0 Å². The van der Waals surface area contributed by atoms with Gasteiger partial charge in [0.05, 0.1) is 24.6 Å². The molecule has 2 aromatic heterocycles. The largest absolute Gasteiger partial charge is 0.496 e. The second-order valence-corrected chi connectivity index (χ2v) is 5.03. The topological polar surface area (TPSA) is 89.3 Å². The summed E-state index contributed by atoms with van der Waals surface area (Å²) in [6, 6.07) is 12.3. The Kier molecular flexibility index (Phi) is 4.42. The molecule has 0 saturated carbocycles. The maximum absolute atomic E-state index is 12.3. The first kappa shape index (κ1) is 15.5. The van der Waals surface area contributed by atoms with Crippen molar-refractivity contribution in [3.63, 3.8) is 0 Å². The highest BCUT2D eigenvalue weighted by Crippen LogP contribution is 2.20. The van der Waals surface area contributed by atoms with E-state index in [0.29, 0.717) is 28.7 Å². The predicted molar refractivity (Wildman–Crippen MR) is 89.7 cm³/mol. The van der Waals surface area contributed by atoms with Crippen LogP contribution >= 0.6 is 0 Å². The molecule has 3 rings (SSSR count). The smallest absolute Gasteiger partial charge is 0.260 e. The molecule has 2 heterocycles. The second kappa shape index (κ2) is 6.82. The summed E-state index contributed by atoms with van der Waals surface area (Å²) in [5.74, 6) is 1.97. The van der Waals surface area contributed by atoms with E-state index < -0.39 is 0 Å². The lowest BCUT2D eigenvalue weighted by Gasteiger charge is -2.09. The van der Waals surface area contributed by atoms with Gasteiger partial charge in [0.1, 0.15) is 17.3 Å². The third-order valence-electron chi connectivity index (χ3n) is 3.26. The van der Waals surface area contributed by atoms with Crippen LogP contribution in [0, 0.1) is 6.92 Å². The van der Waals surface area contributed by atoms with Crippen LogP contribution in [-0.4, -0.2) is 23.2 Å². The summed E-state index contributed by atoms with van der Waals surface area (Å²) in [6.45, 7) is 1.81. The molecule has 2 N–H and O–H groups in total. The maximum Gasteiger partial charge on any atom is 0.260 e. The first-order valence-electron chi connectivity index (χ1n) is 7.26. The van der Waals surface area contributed by atoms with Crippen LogP contribution in [0.4, 0.5) is 17.3 Å². The van der Waals surface area contributed by atoms with Crippen LogP contribution in [0.1, 0.15) is 16.1 Å². The van der Waals surface area contributed by atoms with Gasteiger partial charge in [-0.15, -0.1) is 0 Å². The number of para-hydroxylation sites is 1. The van der Waals surface area contributed by atoms with Crippen molar-refractivity contribution in [1.29, 1.82) is 0 Å². The zero-order chi connectivity index (χ0) is 16.9. The first-order valence-corrected chi connectivity index (χ1v) is 7.26. The molecule has 0 aliphatic carbocycles. The number of anilines is 3. The molecule has 122 valence electrons. The molecule has 7 nitrogen and oxygen atoms in total. The van der Waals surface area contributed by atoms with Gasteiger partial charge < -0.3 is 19.9 Å². The minimum absolute atomic E-state index is 0.284. The Balaban J connectivity index is 1.68. The first-order chi connectivity index (χ1) is 11.7. The summed E-state index contributed by atoms with van der Waals surface area (Å²) >= 11 is 0. The van der Waals surface area contributed by atoms with Crippen LogP contribution in [0.15, 0.2) is 53.2 Å². The fraction of sp³-hybridized carbons (Fsp3) is 0.118. The number of hydrogen-bond donors (Lipinski definition) is 2. The molecule has 3 aromatic rings. The van der Waals surface area contributed by atoms with Crippen molar-refractivity contribution in [2.45, 2.75) is 6.92 Å². The van der Waals surface area contributed by atoms with Gasteiger partial charge in [-0.1, -0.05) is 17.3 Å². The molecule has 0 saturated heterocycles. The van der Waals surface area contributed by atoms with Crippen molar-refractivity contribution in [2.75, 3.05) is 17.7 Å². The molecule has 0 bridgehead atoms. The molecule has 0 spiro atoms. The van der Waals surface area contributed by atoms with Crippen molar-refractivity contribution in [3.05, 3.63) is 60.0 Å². The average molecular weight is 324 g/mol. The Bertz CT molecular complexity index is 843. The monoisotopic (exact) mass is 324 g/mol. The fourth-order valence-electron chi connectivity index (χ4n) is 2.13. The number of hydrogen-bond acceptors (Lipinski definition) is 6. The Labute approximate surface area is 138 Å². The molecular weight excluding hydrogens is 308 g/mol. The minimum Gasteiger partial charge on any atom is -0.496 e. The molecule has 0 unspecified atom stereocenters. The van der Waals surface area contributed by atoms with E-state index in [1.54, 1.807) is 48.7 Å². The number of nitrogens with zero attached hydrogens (tertiary/aromatic N) is 2. The van der Waals surface area contributed by atoms with Crippen LogP contribution in [0.3, 0.4) is 0 Å². The Hall–Kier alpha value is -3.35. The number of aryl methyl sites for hydroxylation is 1. The summed E-state index contributed by atoms with van der Waals surface area (Å²) in [7, 11) is 1.52. The summed E-state index contributed by atoms with van der Waals surface area (Å²) < 4.78 is 10.2. The third-order valence-corrected chi connectivity index (χ3v) is 3.26. The zero-order valence-corrected chi connectivity index (χ0v) is 13.2. The van der Waals surface area contributed by atoms with Gasteiger partial charge in [0.25, 0.3) is 5.91 Å². The van der Waals surface area contributed by atoms with E-state index in [0.717, 1.165) is 5.69 Å². The van der Waals surface area contributed by atoms with Crippen molar-refractivity contribution in [2.24, 2.45) is 0 Å². The van der Waals surface area contributed by atoms with Crippen molar-refractivity contribution >= 4 is 23.2 Å². The van der Waals surface area contributed by atoms with E-state index in [9.17, 15) is 4.79 Å². The Morgan fingerprint density at radius 2 is 2.00 bits per heavy atom.